The highest BCUT2D eigenvalue weighted by Gasteiger charge is 2.27. The van der Waals surface area contributed by atoms with Crippen LogP contribution < -0.4 is 5.32 Å². The molecule has 3 aromatic rings. The van der Waals surface area contributed by atoms with Gasteiger partial charge < -0.3 is 19.5 Å². The number of hydrogen-bond donors (Lipinski definition) is 1. The van der Waals surface area contributed by atoms with Crippen LogP contribution in [-0.4, -0.2) is 51.9 Å². The first-order valence-electron chi connectivity index (χ1n) is 10.5. The third-order valence-corrected chi connectivity index (χ3v) is 6.41. The molecule has 0 radical (unpaired) electrons. The fourth-order valence-electron chi connectivity index (χ4n) is 3.56. The number of rotatable bonds is 6. The molecular weight excluding hydrogens is 449 g/mol. The lowest BCUT2D eigenvalue weighted by molar-refractivity contribution is -0.127. The smallest absolute Gasteiger partial charge is 0.246 e. The van der Waals surface area contributed by atoms with Gasteiger partial charge in [-0.25, -0.2) is 9.97 Å². The van der Waals surface area contributed by atoms with Crippen molar-refractivity contribution in [3.05, 3.63) is 58.0 Å². The van der Waals surface area contributed by atoms with Gasteiger partial charge in [-0.3, -0.25) is 4.79 Å². The number of furan rings is 1. The predicted molar refractivity (Wildman–Crippen MR) is 128 cm³/mol. The Balaban J connectivity index is 1.53. The summed E-state index contributed by atoms with van der Waals surface area (Å²) < 4.78 is 6.00. The summed E-state index contributed by atoms with van der Waals surface area (Å²) in [5.41, 5.74) is 2.28. The number of fused-ring (bicyclic) bond motifs is 3. The molecule has 0 atom stereocenters. The van der Waals surface area contributed by atoms with E-state index < -0.39 is 0 Å². The molecule has 0 fully saturated rings. The molecular formula is C23H25Cl2N5O2. The number of hydrogen-bond acceptors (Lipinski definition) is 6. The van der Waals surface area contributed by atoms with Crippen LogP contribution in [0, 0.1) is 0 Å². The third-order valence-electron chi connectivity index (χ3n) is 5.67. The van der Waals surface area contributed by atoms with Gasteiger partial charge in [-0.15, -0.1) is 0 Å². The molecule has 168 valence electrons. The minimum absolute atomic E-state index is 0.0199. The van der Waals surface area contributed by atoms with Crippen LogP contribution in [0.4, 0.5) is 11.5 Å². The van der Waals surface area contributed by atoms with Gasteiger partial charge >= 0.3 is 0 Å². The number of anilines is 2. The van der Waals surface area contributed by atoms with Crippen LogP contribution in [0.1, 0.15) is 25.2 Å². The zero-order valence-corrected chi connectivity index (χ0v) is 19.7. The Labute approximate surface area is 197 Å². The lowest BCUT2D eigenvalue weighted by Crippen LogP contribution is -2.34. The van der Waals surface area contributed by atoms with E-state index in [4.69, 9.17) is 27.6 Å². The van der Waals surface area contributed by atoms with E-state index in [9.17, 15) is 4.79 Å². The number of nitrogens with zero attached hydrogens (tertiary/aromatic N) is 4. The van der Waals surface area contributed by atoms with Crippen LogP contribution in [0.2, 0.25) is 10.0 Å². The molecule has 1 aromatic carbocycles. The van der Waals surface area contributed by atoms with Crippen molar-refractivity contribution < 1.29 is 9.21 Å². The van der Waals surface area contributed by atoms with Gasteiger partial charge in [0.2, 0.25) is 11.6 Å². The van der Waals surface area contributed by atoms with Gasteiger partial charge in [-0.1, -0.05) is 29.3 Å². The first kappa shape index (κ1) is 22.6. The molecule has 32 heavy (non-hydrogen) atoms. The first-order chi connectivity index (χ1) is 15.3. The van der Waals surface area contributed by atoms with E-state index in [-0.39, 0.29) is 5.91 Å². The van der Waals surface area contributed by atoms with Crippen molar-refractivity contribution >= 4 is 51.7 Å². The quantitative estimate of drug-likeness (QED) is 0.504. The zero-order valence-electron chi connectivity index (χ0n) is 18.2. The summed E-state index contributed by atoms with van der Waals surface area (Å²) in [7, 11) is 2.03. The van der Waals surface area contributed by atoms with Crippen LogP contribution in [-0.2, 0) is 17.8 Å². The molecule has 1 amide bonds. The number of carbonyl (C=O) groups is 1. The number of carbonyl (C=O) groups excluding carboxylic acids is 1. The highest BCUT2D eigenvalue weighted by Crippen LogP contribution is 2.35. The van der Waals surface area contributed by atoms with Crippen molar-refractivity contribution in [1.82, 2.24) is 19.8 Å². The molecule has 9 heteroatoms. The van der Waals surface area contributed by atoms with Gasteiger partial charge in [0.05, 0.1) is 22.0 Å². The highest BCUT2D eigenvalue weighted by molar-refractivity contribution is 6.42. The summed E-state index contributed by atoms with van der Waals surface area (Å²) in [4.78, 5) is 25.3. The van der Waals surface area contributed by atoms with Crippen molar-refractivity contribution in [3.8, 4) is 0 Å². The Bertz CT molecular complexity index is 1170. The minimum Gasteiger partial charge on any atom is -0.440 e. The maximum absolute atomic E-state index is 12.7. The second-order valence-electron chi connectivity index (χ2n) is 8.11. The summed E-state index contributed by atoms with van der Waals surface area (Å²) in [6.07, 6.45) is 5.66. The van der Waals surface area contributed by atoms with Crippen molar-refractivity contribution in [1.29, 1.82) is 0 Å². The SMILES string of the molecule is CC(C)N(C)CC=CC(=O)N1CCc2c(oc3ncnc(Nc4ccc(Cl)c(Cl)c4)c23)C1. The van der Waals surface area contributed by atoms with Crippen molar-refractivity contribution in [3.63, 3.8) is 0 Å². The fraction of sp³-hybridized carbons (Fsp3) is 0.348. The lowest BCUT2D eigenvalue weighted by Gasteiger charge is -2.25. The van der Waals surface area contributed by atoms with Crippen LogP contribution in [0.25, 0.3) is 11.1 Å². The molecule has 0 saturated heterocycles. The second-order valence-corrected chi connectivity index (χ2v) is 8.92. The van der Waals surface area contributed by atoms with Crippen LogP contribution in [0.15, 0.2) is 41.1 Å². The maximum Gasteiger partial charge on any atom is 0.246 e. The van der Waals surface area contributed by atoms with Crippen molar-refractivity contribution in [2.75, 3.05) is 25.5 Å². The van der Waals surface area contributed by atoms with E-state index in [1.165, 1.54) is 6.33 Å². The minimum atomic E-state index is -0.0199. The highest BCUT2D eigenvalue weighted by atomic mass is 35.5. The third kappa shape index (κ3) is 4.75. The Morgan fingerprint density at radius 2 is 2.12 bits per heavy atom. The molecule has 2 aromatic heterocycles. The van der Waals surface area contributed by atoms with Gasteiger partial charge in [0.25, 0.3) is 0 Å². The van der Waals surface area contributed by atoms with E-state index in [1.54, 1.807) is 23.1 Å². The van der Waals surface area contributed by atoms with Crippen molar-refractivity contribution in [2.24, 2.45) is 0 Å². The Kier molecular flexibility index (Phi) is 6.69. The number of nitrogens with one attached hydrogen (secondary N) is 1. The standard InChI is InChI=1S/C23H25Cl2N5O2/c1-14(2)29(3)9-4-5-20(31)30-10-8-16-19(12-30)32-23-21(16)22(26-13-27-23)28-15-6-7-17(24)18(25)11-15/h4-7,11,13-14H,8-10,12H2,1-3H3,(H,26,27,28). The molecule has 1 N–H and O–H groups in total. The van der Waals surface area contributed by atoms with Gasteiger partial charge in [0.1, 0.15) is 17.9 Å². The maximum atomic E-state index is 12.7. The largest absolute Gasteiger partial charge is 0.440 e. The van der Waals surface area contributed by atoms with Crippen LogP contribution in [0.5, 0.6) is 0 Å². The predicted octanol–water partition coefficient (Wildman–Crippen LogP) is 5.05. The van der Waals surface area contributed by atoms with Gasteiger partial charge in [-0.05, 0) is 45.5 Å². The molecule has 0 aliphatic carbocycles. The summed E-state index contributed by atoms with van der Waals surface area (Å²) in [5, 5.41) is 5.05. The van der Waals surface area contributed by atoms with E-state index in [0.29, 0.717) is 47.1 Å². The first-order valence-corrected chi connectivity index (χ1v) is 11.2. The average Bonchev–Trinajstić information content (AvgIpc) is 3.14. The molecule has 0 unspecified atom stereocenters. The number of halogens is 2. The molecule has 0 spiro atoms. The normalized spacial score (nSPS) is 14.0. The molecule has 1 aliphatic heterocycles. The Morgan fingerprint density at radius 3 is 2.88 bits per heavy atom. The molecule has 0 saturated carbocycles. The van der Waals surface area contributed by atoms with Crippen LogP contribution in [0.3, 0.4) is 0 Å². The molecule has 4 rings (SSSR count). The lowest BCUT2D eigenvalue weighted by atomic mass is 10.0. The number of amides is 1. The average molecular weight is 474 g/mol. The van der Waals surface area contributed by atoms with E-state index in [1.807, 2.05) is 19.2 Å². The molecule has 1 aliphatic rings. The molecule has 7 nitrogen and oxygen atoms in total. The van der Waals surface area contributed by atoms with Gasteiger partial charge in [0.15, 0.2) is 0 Å². The summed E-state index contributed by atoms with van der Waals surface area (Å²) in [5.74, 6) is 1.35. The van der Waals surface area contributed by atoms with Gasteiger partial charge in [0, 0.05) is 36.5 Å². The molecule has 0 bridgehead atoms. The Hall–Kier alpha value is -2.61. The zero-order chi connectivity index (χ0) is 22.8. The van der Waals surface area contributed by atoms with E-state index >= 15 is 0 Å². The Morgan fingerprint density at radius 1 is 1.31 bits per heavy atom. The van der Waals surface area contributed by atoms with E-state index in [2.05, 4.69) is 34.0 Å². The molecule has 3 heterocycles. The fourth-order valence-corrected chi connectivity index (χ4v) is 3.86. The number of likely N-dealkylation sites (N-methyl/N-ethyl adjacent to an activating group) is 1. The summed E-state index contributed by atoms with van der Waals surface area (Å²) in [6.45, 7) is 5.98. The van der Waals surface area contributed by atoms with Gasteiger partial charge in [-0.2, -0.15) is 0 Å². The number of aromatic nitrogens is 2. The summed E-state index contributed by atoms with van der Waals surface area (Å²) in [6, 6.07) is 5.73. The topological polar surface area (TPSA) is 74.5 Å². The second kappa shape index (κ2) is 9.48. The van der Waals surface area contributed by atoms with E-state index in [0.717, 1.165) is 28.9 Å². The van der Waals surface area contributed by atoms with Crippen molar-refractivity contribution in [2.45, 2.75) is 32.9 Å². The van der Waals surface area contributed by atoms with Crippen LogP contribution >= 0.6 is 23.2 Å². The monoisotopic (exact) mass is 473 g/mol. The summed E-state index contributed by atoms with van der Waals surface area (Å²) >= 11 is 12.2. The number of benzene rings is 1.